The lowest BCUT2D eigenvalue weighted by Gasteiger charge is -2.06. The average molecular weight is 227 g/mol. The van der Waals surface area contributed by atoms with Crippen molar-refractivity contribution in [1.82, 2.24) is 10.3 Å². The van der Waals surface area contributed by atoms with Crippen molar-refractivity contribution in [2.24, 2.45) is 0 Å². The van der Waals surface area contributed by atoms with Gasteiger partial charge in [-0.25, -0.2) is 0 Å². The van der Waals surface area contributed by atoms with Crippen LogP contribution in [0.3, 0.4) is 0 Å². The number of hydrogen-bond donors (Lipinski definition) is 1. The Bertz CT molecular complexity index is 328. The number of nitrogens with zero attached hydrogens (tertiary/aromatic N) is 1. The number of pyridine rings is 1. The lowest BCUT2D eigenvalue weighted by atomic mass is 10.1. The zero-order chi connectivity index (χ0) is 11.1. The molecule has 0 fully saturated rings. The van der Waals surface area contributed by atoms with Crippen LogP contribution in [0.5, 0.6) is 0 Å². The van der Waals surface area contributed by atoms with E-state index in [0.29, 0.717) is 18.8 Å². The van der Waals surface area contributed by atoms with Crippen LogP contribution in [0.2, 0.25) is 0 Å². The van der Waals surface area contributed by atoms with E-state index in [2.05, 4.69) is 10.3 Å². The van der Waals surface area contributed by atoms with Gasteiger partial charge in [-0.15, -0.1) is 11.6 Å². The summed E-state index contributed by atoms with van der Waals surface area (Å²) in [5.41, 5.74) is 2.19. The normalized spacial score (nSPS) is 10.0. The van der Waals surface area contributed by atoms with Crippen LogP contribution in [-0.4, -0.2) is 16.8 Å². The maximum atomic E-state index is 11.3. The first kappa shape index (κ1) is 12.0. The van der Waals surface area contributed by atoms with E-state index in [4.69, 9.17) is 11.6 Å². The Hall–Kier alpha value is -1.09. The predicted octanol–water partition coefficient (Wildman–Crippen LogP) is 2.03. The number of carbonyl (C=O) groups is 1. The van der Waals surface area contributed by atoms with Gasteiger partial charge in [0.15, 0.2) is 0 Å². The van der Waals surface area contributed by atoms with Crippen molar-refractivity contribution in [2.45, 2.75) is 26.3 Å². The fraction of sp³-hybridized carbons (Fsp3) is 0.455. The fourth-order valence-corrected chi connectivity index (χ4v) is 1.34. The molecular formula is C11H15ClN2O. The fourth-order valence-electron chi connectivity index (χ4n) is 1.21. The Balaban J connectivity index is 2.37. The Morgan fingerprint density at radius 2 is 2.40 bits per heavy atom. The number of rotatable bonds is 5. The van der Waals surface area contributed by atoms with Gasteiger partial charge in [0, 0.05) is 31.2 Å². The summed E-state index contributed by atoms with van der Waals surface area (Å²) in [6.45, 7) is 2.54. The number of halogens is 1. The second kappa shape index (κ2) is 6.40. The van der Waals surface area contributed by atoms with Gasteiger partial charge in [-0.05, 0) is 30.5 Å². The standard InChI is InChI=1S/C11H15ClN2O/c1-9-7-13-6-4-10(9)8-14-11(15)3-2-5-12/h4,6-7H,2-3,5,8H2,1H3,(H,14,15). The van der Waals surface area contributed by atoms with Gasteiger partial charge >= 0.3 is 0 Å². The molecule has 0 bridgehead atoms. The van der Waals surface area contributed by atoms with E-state index in [-0.39, 0.29) is 5.91 Å². The predicted molar refractivity (Wildman–Crippen MR) is 60.8 cm³/mol. The number of carbonyl (C=O) groups excluding carboxylic acids is 1. The zero-order valence-electron chi connectivity index (χ0n) is 8.79. The summed E-state index contributed by atoms with van der Waals surface area (Å²) in [6, 6.07) is 1.91. The molecule has 3 nitrogen and oxygen atoms in total. The van der Waals surface area contributed by atoms with Crippen LogP contribution in [0, 0.1) is 6.92 Å². The summed E-state index contributed by atoms with van der Waals surface area (Å²) in [5, 5.41) is 2.85. The minimum atomic E-state index is 0.0480. The topological polar surface area (TPSA) is 42.0 Å². The summed E-state index contributed by atoms with van der Waals surface area (Å²) < 4.78 is 0. The van der Waals surface area contributed by atoms with Crippen molar-refractivity contribution in [1.29, 1.82) is 0 Å². The summed E-state index contributed by atoms with van der Waals surface area (Å²) >= 11 is 5.50. The Kier molecular flexibility index (Phi) is 5.12. The van der Waals surface area contributed by atoms with Crippen LogP contribution in [-0.2, 0) is 11.3 Å². The molecule has 0 aromatic carbocycles. The lowest BCUT2D eigenvalue weighted by Crippen LogP contribution is -2.22. The SMILES string of the molecule is Cc1cnccc1CNC(=O)CCCCl. The second-order valence-electron chi connectivity index (χ2n) is 3.37. The Labute approximate surface area is 94.9 Å². The maximum Gasteiger partial charge on any atom is 0.220 e. The Morgan fingerprint density at radius 3 is 3.07 bits per heavy atom. The number of aromatic nitrogens is 1. The number of amides is 1. The van der Waals surface area contributed by atoms with E-state index in [0.717, 1.165) is 17.5 Å². The summed E-state index contributed by atoms with van der Waals surface area (Å²) in [7, 11) is 0. The monoisotopic (exact) mass is 226 g/mol. The Morgan fingerprint density at radius 1 is 1.60 bits per heavy atom. The molecule has 0 aliphatic carbocycles. The van der Waals surface area contributed by atoms with Gasteiger partial charge in [-0.3, -0.25) is 9.78 Å². The number of nitrogens with one attached hydrogen (secondary N) is 1. The van der Waals surface area contributed by atoms with E-state index in [1.165, 1.54) is 0 Å². The molecule has 0 spiro atoms. The smallest absolute Gasteiger partial charge is 0.220 e. The molecule has 0 saturated heterocycles. The van der Waals surface area contributed by atoms with Gasteiger partial charge in [-0.2, -0.15) is 0 Å². The van der Waals surface area contributed by atoms with Crippen LogP contribution >= 0.6 is 11.6 Å². The van der Waals surface area contributed by atoms with Crippen molar-refractivity contribution in [3.63, 3.8) is 0 Å². The number of alkyl halides is 1. The maximum absolute atomic E-state index is 11.3. The highest BCUT2D eigenvalue weighted by Crippen LogP contribution is 2.04. The molecule has 0 aliphatic rings. The van der Waals surface area contributed by atoms with E-state index >= 15 is 0 Å². The zero-order valence-corrected chi connectivity index (χ0v) is 9.55. The van der Waals surface area contributed by atoms with Crippen molar-refractivity contribution in [2.75, 3.05) is 5.88 Å². The van der Waals surface area contributed by atoms with Crippen molar-refractivity contribution in [3.8, 4) is 0 Å². The van der Waals surface area contributed by atoms with Crippen LogP contribution in [0.25, 0.3) is 0 Å². The van der Waals surface area contributed by atoms with Gasteiger partial charge < -0.3 is 5.32 Å². The van der Waals surface area contributed by atoms with Crippen LogP contribution in [0.15, 0.2) is 18.5 Å². The van der Waals surface area contributed by atoms with E-state index in [9.17, 15) is 4.79 Å². The summed E-state index contributed by atoms with van der Waals surface area (Å²) in [6.07, 6.45) is 4.74. The number of hydrogen-bond acceptors (Lipinski definition) is 2. The van der Waals surface area contributed by atoms with Gasteiger partial charge in [0.25, 0.3) is 0 Å². The molecule has 1 aromatic heterocycles. The van der Waals surface area contributed by atoms with Crippen molar-refractivity contribution in [3.05, 3.63) is 29.6 Å². The van der Waals surface area contributed by atoms with Crippen molar-refractivity contribution >= 4 is 17.5 Å². The molecule has 15 heavy (non-hydrogen) atoms. The van der Waals surface area contributed by atoms with Gasteiger partial charge in [-0.1, -0.05) is 0 Å². The highest BCUT2D eigenvalue weighted by molar-refractivity contribution is 6.17. The molecule has 0 aliphatic heterocycles. The summed E-state index contributed by atoms with van der Waals surface area (Å²) in [5.74, 6) is 0.577. The third-order valence-electron chi connectivity index (χ3n) is 2.15. The highest BCUT2D eigenvalue weighted by Gasteiger charge is 2.02. The van der Waals surface area contributed by atoms with Gasteiger partial charge in [0.1, 0.15) is 0 Å². The van der Waals surface area contributed by atoms with Gasteiger partial charge in [0.05, 0.1) is 0 Å². The van der Waals surface area contributed by atoms with Crippen LogP contribution < -0.4 is 5.32 Å². The lowest BCUT2D eigenvalue weighted by molar-refractivity contribution is -0.121. The minimum absolute atomic E-state index is 0.0480. The molecule has 0 unspecified atom stereocenters. The summed E-state index contributed by atoms with van der Waals surface area (Å²) in [4.78, 5) is 15.3. The first-order chi connectivity index (χ1) is 7.24. The van der Waals surface area contributed by atoms with Crippen LogP contribution in [0.4, 0.5) is 0 Å². The van der Waals surface area contributed by atoms with E-state index in [1.54, 1.807) is 12.4 Å². The van der Waals surface area contributed by atoms with E-state index < -0.39 is 0 Å². The van der Waals surface area contributed by atoms with Crippen molar-refractivity contribution < 1.29 is 4.79 Å². The third-order valence-corrected chi connectivity index (χ3v) is 2.42. The van der Waals surface area contributed by atoms with E-state index in [1.807, 2.05) is 13.0 Å². The first-order valence-electron chi connectivity index (χ1n) is 4.96. The van der Waals surface area contributed by atoms with Gasteiger partial charge in [0.2, 0.25) is 5.91 Å². The molecule has 1 N–H and O–H groups in total. The quantitative estimate of drug-likeness (QED) is 0.781. The molecule has 4 heteroatoms. The molecule has 1 heterocycles. The molecular weight excluding hydrogens is 212 g/mol. The molecule has 0 atom stereocenters. The largest absolute Gasteiger partial charge is 0.352 e. The molecule has 82 valence electrons. The average Bonchev–Trinajstić information content (AvgIpc) is 2.25. The molecule has 1 rings (SSSR count). The second-order valence-corrected chi connectivity index (χ2v) is 3.75. The molecule has 1 aromatic rings. The molecule has 0 saturated carbocycles. The highest BCUT2D eigenvalue weighted by atomic mass is 35.5. The third kappa shape index (κ3) is 4.30. The molecule has 1 amide bonds. The molecule has 0 radical (unpaired) electrons. The number of aryl methyl sites for hydroxylation is 1. The van der Waals surface area contributed by atoms with Crippen LogP contribution in [0.1, 0.15) is 24.0 Å². The minimum Gasteiger partial charge on any atom is -0.352 e. The first-order valence-corrected chi connectivity index (χ1v) is 5.49.